The predicted molar refractivity (Wildman–Crippen MR) is 124 cm³/mol. The lowest BCUT2D eigenvalue weighted by atomic mass is 9.99. The molecule has 1 fully saturated rings. The van der Waals surface area contributed by atoms with Crippen LogP contribution in [-0.4, -0.2) is 38.6 Å². The highest BCUT2D eigenvalue weighted by molar-refractivity contribution is 7.99. The molecule has 0 spiro atoms. The summed E-state index contributed by atoms with van der Waals surface area (Å²) in [6.07, 6.45) is 5.34. The highest BCUT2D eigenvalue weighted by Gasteiger charge is 2.24. The van der Waals surface area contributed by atoms with Crippen LogP contribution < -0.4 is 16.4 Å². The summed E-state index contributed by atoms with van der Waals surface area (Å²) in [7, 11) is 0. The van der Waals surface area contributed by atoms with Crippen LogP contribution in [0.3, 0.4) is 0 Å². The lowest BCUT2D eigenvalue weighted by molar-refractivity contribution is 0.427. The Morgan fingerprint density at radius 2 is 1.97 bits per heavy atom. The topological polar surface area (TPSA) is 107 Å². The second kappa shape index (κ2) is 9.95. The van der Waals surface area contributed by atoms with Gasteiger partial charge in [0.1, 0.15) is 22.2 Å². The Bertz CT molecular complexity index is 991. The molecule has 0 unspecified atom stereocenters. The van der Waals surface area contributed by atoms with Gasteiger partial charge in [0.25, 0.3) is 0 Å². The molecule has 156 valence electrons. The molecule has 2 atom stereocenters. The zero-order valence-corrected chi connectivity index (χ0v) is 18.9. The molecule has 11 heteroatoms. The summed E-state index contributed by atoms with van der Waals surface area (Å²) in [5.74, 6) is 1.18. The number of anilines is 2. The molecule has 0 bridgehead atoms. The number of nitrogens with zero attached hydrogens (tertiary/aromatic N) is 5. The molecule has 3 aromatic rings. The van der Waals surface area contributed by atoms with Gasteiger partial charge in [0.05, 0.1) is 11.2 Å². The molecule has 4 heterocycles. The molecule has 1 aliphatic rings. The van der Waals surface area contributed by atoms with Gasteiger partial charge in [0, 0.05) is 29.7 Å². The molecule has 3 aromatic heterocycles. The molecular formula is C18H22Cl3N7S. The standard InChI is InChI=1S/C18H20ClN7S.2ClH/c1-10-8-11(20)5-7-26(10)14-9-23-18-12(24-14)2-3-15(25-18)27-13-4-6-22-17(21)16(13)19;;/h2-4,6,9-11H,5,7-8,20H2,1H3,(H2,21,22);2*1H/t10-,11+;;/m1../s1. The van der Waals surface area contributed by atoms with Crippen LogP contribution >= 0.6 is 48.2 Å². The molecule has 0 aliphatic carbocycles. The van der Waals surface area contributed by atoms with E-state index in [4.69, 9.17) is 28.1 Å². The van der Waals surface area contributed by atoms with Gasteiger partial charge in [-0.25, -0.2) is 19.9 Å². The van der Waals surface area contributed by atoms with Crippen molar-refractivity contribution in [3.8, 4) is 0 Å². The van der Waals surface area contributed by atoms with Crippen molar-refractivity contribution in [1.29, 1.82) is 0 Å². The second-order valence-electron chi connectivity index (χ2n) is 6.66. The van der Waals surface area contributed by atoms with Gasteiger partial charge in [-0.3, -0.25) is 0 Å². The van der Waals surface area contributed by atoms with Gasteiger partial charge in [-0.1, -0.05) is 23.4 Å². The van der Waals surface area contributed by atoms with E-state index < -0.39 is 0 Å². The third-order valence-electron chi connectivity index (χ3n) is 4.67. The Labute approximate surface area is 190 Å². The van der Waals surface area contributed by atoms with Crippen molar-refractivity contribution in [3.05, 3.63) is 35.6 Å². The van der Waals surface area contributed by atoms with Crippen molar-refractivity contribution < 1.29 is 0 Å². The normalized spacial score (nSPS) is 18.8. The number of pyridine rings is 2. The fourth-order valence-corrected chi connectivity index (χ4v) is 4.30. The quantitative estimate of drug-likeness (QED) is 0.587. The summed E-state index contributed by atoms with van der Waals surface area (Å²) in [6.45, 7) is 3.07. The smallest absolute Gasteiger partial charge is 0.179 e. The van der Waals surface area contributed by atoms with Crippen LogP contribution in [0.25, 0.3) is 11.2 Å². The molecular weight excluding hydrogens is 453 g/mol. The zero-order chi connectivity index (χ0) is 19.0. The van der Waals surface area contributed by atoms with E-state index in [9.17, 15) is 0 Å². The molecule has 4 N–H and O–H groups in total. The van der Waals surface area contributed by atoms with Crippen LogP contribution in [0.2, 0.25) is 5.02 Å². The van der Waals surface area contributed by atoms with Crippen molar-refractivity contribution in [3.63, 3.8) is 0 Å². The number of rotatable bonds is 3. The molecule has 0 aromatic carbocycles. The summed E-state index contributed by atoms with van der Waals surface area (Å²) < 4.78 is 0. The molecule has 0 saturated carbocycles. The van der Waals surface area contributed by atoms with Gasteiger partial charge in [0.2, 0.25) is 0 Å². The minimum absolute atomic E-state index is 0. The minimum atomic E-state index is 0. The summed E-state index contributed by atoms with van der Waals surface area (Å²) in [5, 5.41) is 1.21. The average Bonchev–Trinajstić information content (AvgIpc) is 2.65. The first kappa shape index (κ1) is 23.7. The second-order valence-corrected chi connectivity index (χ2v) is 8.10. The van der Waals surface area contributed by atoms with Crippen LogP contribution in [-0.2, 0) is 0 Å². The van der Waals surface area contributed by atoms with E-state index in [0.29, 0.717) is 22.5 Å². The van der Waals surface area contributed by atoms with Crippen LogP contribution in [0.4, 0.5) is 11.6 Å². The number of nitrogen functional groups attached to an aromatic ring is 1. The first-order valence-corrected chi connectivity index (χ1v) is 9.94. The number of nitrogens with two attached hydrogens (primary N) is 2. The van der Waals surface area contributed by atoms with E-state index >= 15 is 0 Å². The molecule has 4 rings (SSSR count). The largest absolute Gasteiger partial charge is 0.382 e. The maximum atomic E-state index is 6.21. The van der Waals surface area contributed by atoms with Gasteiger partial charge in [-0.2, -0.15) is 0 Å². The Balaban J connectivity index is 0.00000150. The van der Waals surface area contributed by atoms with E-state index in [0.717, 1.165) is 40.6 Å². The highest BCUT2D eigenvalue weighted by Crippen LogP contribution is 2.35. The molecule has 0 radical (unpaired) electrons. The van der Waals surface area contributed by atoms with Gasteiger partial charge >= 0.3 is 0 Å². The Morgan fingerprint density at radius 1 is 1.17 bits per heavy atom. The van der Waals surface area contributed by atoms with Crippen molar-refractivity contribution in [1.82, 2.24) is 19.9 Å². The Hall–Kier alpha value is -1.58. The van der Waals surface area contributed by atoms with E-state index in [1.54, 1.807) is 12.4 Å². The van der Waals surface area contributed by atoms with Gasteiger partial charge in [-0.05, 0) is 38.0 Å². The summed E-state index contributed by atoms with van der Waals surface area (Å²) in [4.78, 5) is 20.9. The summed E-state index contributed by atoms with van der Waals surface area (Å²) in [6, 6.07) is 6.27. The highest BCUT2D eigenvalue weighted by atomic mass is 35.5. The number of halogens is 3. The maximum absolute atomic E-state index is 6.21. The van der Waals surface area contributed by atoms with Crippen molar-refractivity contribution in [2.24, 2.45) is 5.73 Å². The Morgan fingerprint density at radius 3 is 2.72 bits per heavy atom. The van der Waals surface area contributed by atoms with Crippen LogP contribution in [0, 0.1) is 0 Å². The third-order valence-corrected chi connectivity index (χ3v) is 6.18. The van der Waals surface area contributed by atoms with Gasteiger partial charge < -0.3 is 16.4 Å². The van der Waals surface area contributed by atoms with Crippen LogP contribution in [0.5, 0.6) is 0 Å². The molecule has 7 nitrogen and oxygen atoms in total. The molecule has 1 aliphatic heterocycles. The number of hydrogen-bond donors (Lipinski definition) is 2. The van der Waals surface area contributed by atoms with E-state index in [1.807, 2.05) is 18.2 Å². The first-order valence-electron chi connectivity index (χ1n) is 8.75. The van der Waals surface area contributed by atoms with E-state index in [-0.39, 0.29) is 30.9 Å². The number of piperidine rings is 1. The summed E-state index contributed by atoms with van der Waals surface area (Å²) >= 11 is 7.63. The minimum Gasteiger partial charge on any atom is -0.382 e. The van der Waals surface area contributed by atoms with Crippen LogP contribution in [0.15, 0.2) is 40.5 Å². The third kappa shape index (κ3) is 5.13. The number of aromatic nitrogens is 4. The van der Waals surface area contributed by atoms with Gasteiger partial charge in [0.15, 0.2) is 5.65 Å². The maximum Gasteiger partial charge on any atom is 0.179 e. The van der Waals surface area contributed by atoms with E-state index in [2.05, 4.69) is 26.8 Å². The zero-order valence-electron chi connectivity index (χ0n) is 15.7. The molecule has 29 heavy (non-hydrogen) atoms. The lowest BCUT2D eigenvalue weighted by Gasteiger charge is -2.37. The Kier molecular flexibility index (Phi) is 8.13. The first-order chi connectivity index (χ1) is 13.0. The van der Waals surface area contributed by atoms with Crippen molar-refractivity contribution in [2.45, 2.75) is 41.8 Å². The van der Waals surface area contributed by atoms with Crippen LogP contribution in [0.1, 0.15) is 19.8 Å². The summed E-state index contributed by atoms with van der Waals surface area (Å²) in [5.41, 5.74) is 13.2. The molecule has 0 amide bonds. The van der Waals surface area contributed by atoms with Crippen molar-refractivity contribution in [2.75, 3.05) is 17.2 Å². The lowest BCUT2D eigenvalue weighted by Crippen LogP contribution is -2.46. The van der Waals surface area contributed by atoms with E-state index in [1.165, 1.54) is 11.8 Å². The van der Waals surface area contributed by atoms with Crippen molar-refractivity contribution >= 4 is 71.0 Å². The monoisotopic (exact) mass is 473 g/mol. The molecule has 1 saturated heterocycles. The predicted octanol–water partition coefficient (Wildman–Crippen LogP) is 3.97. The average molecular weight is 475 g/mol. The van der Waals surface area contributed by atoms with Gasteiger partial charge in [-0.15, -0.1) is 24.8 Å². The fraction of sp³-hybridized carbons (Fsp3) is 0.333. The number of fused-ring (bicyclic) bond motifs is 1. The fourth-order valence-electron chi connectivity index (χ4n) is 3.25. The number of hydrogen-bond acceptors (Lipinski definition) is 8. The SMILES string of the molecule is C[C@@H]1C[C@@H](N)CCN1c1cnc2nc(Sc3ccnc(N)c3Cl)ccc2n1.Cl.Cl.